The highest BCUT2D eigenvalue weighted by molar-refractivity contribution is 6.32. The molecule has 0 radical (unpaired) electrons. The molecule has 1 aromatic carbocycles. The summed E-state index contributed by atoms with van der Waals surface area (Å²) in [4.78, 5) is 20.7. The highest BCUT2D eigenvalue weighted by Crippen LogP contribution is 2.27. The summed E-state index contributed by atoms with van der Waals surface area (Å²) >= 11 is 6.11. The van der Waals surface area contributed by atoms with Gasteiger partial charge in [-0.2, -0.15) is 23.3 Å². The number of nitrogens with one attached hydrogen (secondary N) is 3. The van der Waals surface area contributed by atoms with Gasteiger partial charge in [-0.15, -0.1) is 0 Å². The third-order valence-corrected chi connectivity index (χ3v) is 4.46. The first-order chi connectivity index (χ1) is 15.7. The second-order valence-electron chi connectivity index (χ2n) is 6.66. The zero-order valence-electron chi connectivity index (χ0n) is 16.8. The number of rotatable bonds is 9. The van der Waals surface area contributed by atoms with Crippen LogP contribution in [0.2, 0.25) is 5.02 Å². The molecule has 176 valence electrons. The molecule has 0 bridgehead atoms. The van der Waals surface area contributed by atoms with Crippen molar-refractivity contribution in [2.45, 2.75) is 18.8 Å². The van der Waals surface area contributed by atoms with Crippen molar-refractivity contribution in [1.29, 1.82) is 0 Å². The van der Waals surface area contributed by atoms with Gasteiger partial charge in [-0.3, -0.25) is 9.48 Å². The van der Waals surface area contributed by atoms with E-state index in [1.807, 2.05) is 0 Å². The van der Waals surface area contributed by atoms with E-state index in [1.54, 1.807) is 11.5 Å². The Kier molecular flexibility index (Phi) is 7.66. The van der Waals surface area contributed by atoms with Gasteiger partial charge < -0.3 is 21.1 Å². The van der Waals surface area contributed by atoms with Crippen LogP contribution in [-0.2, 0) is 11.3 Å². The van der Waals surface area contributed by atoms with Gasteiger partial charge in [0.05, 0.1) is 31.2 Å². The standard InChI is InChI=1S/C19H18ClF4N7O2/c20-13-8-25-18(28-11-7-27-31(9-11)5-6-32)30-16(13)29-15(12-3-1-2-4-14(12)21)17(33)26-10-19(22,23)24/h1-4,7-9,15,32H,5-6,10H2,(H,26,33)(H2,25,28,29,30). The lowest BCUT2D eigenvalue weighted by atomic mass is 10.1. The maximum atomic E-state index is 14.4. The zero-order chi connectivity index (χ0) is 24.0. The molecule has 1 amide bonds. The maximum absolute atomic E-state index is 14.4. The van der Waals surface area contributed by atoms with Crippen LogP contribution >= 0.6 is 11.6 Å². The number of hydrogen-bond donors (Lipinski definition) is 4. The number of aromatic nitrogens is 4. The van der Waals surface area contributed by atoms with Crippen molar-refractivity contribution in [1.82, 2.24) is 25.1 Å². The van der Waals surface area contributed by atoms with Crippen LogP contribution in [0.15, 0.2) is 42.9 Å². The molecular weight excluding hydrogens is 470 g/mol. The van der Waals surface area contributed by atoms with E-state index in [1.165, 1.54) is 35.3 Å². The van der Waals surface area contributed by atoms with E-state index in [-0.39, 0.29) is 35.5 Å². The van der Waals surface area contributed by atoms with Gasteiger partial charge >= 0.3 is 6.18 Å². The smallest absolute Gasteiger partial charge is 0.394 e. The maximum Gasteiger partial charge on any atom is 0.405 e. The number of hydrogen-bond acceptors (Lipinski definition) is 7. The molecule has 33 heavy (non-hydrogen) atoms. The molecule has 4 N–H and O–H groups in total. The minimum atomic E-state index is -4.65. The number of alkyl halides is 3. The van der Waals surface area contributed by atoms with Gasteiger partial charge in [0.25, 0.3) is 0 Å². The van der Waals surface area contributed by atoms with Crippen molar-refractivity contribution < 1.29 is 27.5 Å². The molecular formula is C19H18ClF4N7O2. The molecule has 0 aliphatic heterocycles. The van der Waals surface area contributed by atoms with Gasteiger partial charge in [0.1, 0.15) is 23.4 Å². The summed E-state index contributed by atoms with van der Waals surface area (Å²) in [6.45, 7) is -1.44. The summed E-state index contributed by atoms with van der Waals surface area (Å²) in [6, 6.07) is 3.56. The summed E-state index contributed by atoms with van der Waals surface area (Å²) < 4.78 is 53.6. The molecule has 0 spiro atoms. The fourth-order valence-corrected chi connectivity index (χ4v) is 2.88. The predicted molar refractivity (Wildman–Crippen MR) is 111 cm³/mol. The minimum absolute atomic E-state index is 0.0217. The topological polar surface area (TPSA) is 117 Å². The Morgan fingerprint density at radius 3 is 2.70 bits per heavy atom. The van der Waals surface area contributed by atoms with E-state index in [2.05, 4.69) is 25.7 Å². The number of anilines is 3. The number of halogens is 5. The Bertz CT molecular complexity index is 1110. The molecule has 0 aliphatic carbocycles. The predicted octanol–water partition coefficient (Wildman–Crippen LogP) is 3.03. The van der Waals surface area contributed by atoms with Crippen molar-refractivity contribution in [3.63, 3.8) is 0 Å². The average molecular weight is 488 g/mol. The van der Waals surface area contributed by atoms with Crippen molar-refractivity contribution in [2.75, 3.05) is 23.8 Å². The average Bonchev–Trinajstić information content (AvgIpc) is 3.19. The first-order valence-electron chi connectivity index (χ1n) is 9.44. The van der Waals surface area contributed by atoms with Crippen LogP contribution in [0.25, 0.3) is 0 Å². The lowest BCUT2D eigenvalue weighted by Gasteiger charge is -2.21. The third-order valence-electron chi connectivity index (χ3n) is 4.19. The van der Waals surface area contributed by atoms with Crippen LogP contribution in [0, 0.1) is 5.82 Å². The highest BCUT2D eigenvalue weighted by atomic mass is 35.5. The van der Waals surface area contributed by atoms with Gasteiger partial charge in [-0.25, -0.2) is 9.37 Å². The van der Waals surface area contributed by atoms with Crippen molar-refractivity contribution in [3.05, 3.63) is 59.3 Å². The summed E-state index contributed by atoms with van der Waals surface area (Å²) in [5, 5.41) is 20.1. The van der Waals surface area contributed by atoms with Crippen molar-refractivity contribution in [2.24, 2.45) is 0 Å². The molecule has 0 saturated carbocycles. The Labute approximate surface area is 189 Å². The fraction of sp³-hybridized carbons (Fsp3) is 0.263. The SMILES string of the molecule is O=C(NCC(F)(F)F)C(Nc1nc(Nc2cnn(CCO)c2)ncc1Cl)c1ccccc1F. The molecule has 3 rings (SSSR count). The quantitative estimate of drug-likeness (QED) is 0.343. The van der Waals surface area contributed by atoms with Crippen LogP contribution in [0.5, 0.6) is 0 Å². The van der Waals surface area contributed by atoms with E-state index in [9.17, 15) is 22.4 Å². The second kappa shape index (κ2) is 10.4. The number of nitrogens with zero attached hydrogens (tertiary/aromatic N) is 4. The fourth-order valence-electron chi connectivity index (χ4n) is 2.73. The van der Waals surface area contributed by atoms with Crippen molar-refractivity contribution in [3.8, 4) is 0 Å². The van der Waals surface area contributed by atoms with Crippen LogP contribution in [-0.4, -0.2) is 50.1 Å². The van der Waals surface area contributed by atoms with Gasteiger partial charge in [0, 0.05) is 11.8 Å². The Morgan fingerprint density at radius 2 is 2.00 bits per heavy atom. The lowest BCUT2D eigenvalue weighted by molar-refractivity contribution is -0.138. The molecule has 1 atom stereocenters. The molecule has 2 aromatic heterocycles. The Balaban J connectivity index is 1.85. The molecule has 9 nitrogen and oxygen atoms in total. The van der Waals surface area contributed by atoms with Crippen LogP contribution in [0.1, 0.15) is 11.6 Å². The number of benzene rings is 1. The summed E-state index contributed by atoms with van der Waals surface area (Å²) in [7, 11) is 0. The first kappa shape index (κ1) is 24.2. The van der Waals surface area contributed by atoms with Gasteiger partial charge in [0.15, 0.2) is 5.82 Å². The second-order valence-corrected chi connectivity index (χ2v) is 7.07. The number of aliphatic hydroxyl groups is 1. The van der Waals surface area contributed by atoms with Gasteiger partial charge in [-0.1, -0.05) is 29.8 Å². The first-order valence-corrected chi connectivity index (χ1v) is 9.82. The lowest BCUT2D eigenvalue weighted by Crippen LogP contribution is -2.39. The highest BCUT2D eigenvalue weighted by Gasteiger charge is 2.31. The number of amides is 1. The van der Waals surface area contributed by atoms with Gasteiger partial charge in [-0.05, 0) is 6.07 Å². The molecule has 0 saturated heterocycles. The number of carbonyl (C=O) groups excluding carboxylic acids is 1. The summed E-state index contributed by atoms with van der Waals surface area (Å²) in [5.74, 6) is -2.04. The summed E-state index contributed by atoms with van der Waals surface area (Å²) in [6.07, 6.45) is -0.426. The van der Waals surface area contributed by atoms with Gasteiger partial charge in [0.2, 0.25) is 11.9 Å². The molecule has 0 fully saturated rings. The van der Waals surface area contributed by atoms with E-state index in [0.29, 0.717) is 5.69 Å². The van der Waals surface area contributed by atoms with Crippen molar-refractivity contribution >= 4 is 35.0 Å². The minimum Gasteiger partial charge on any atom is -0.394 e. The largest absolute Gasteiger partial charge is 0.405 e. The number of carbonyl (C=O) groups is 1. The van der Waals surface area contributed by atoms with E-state index in [4.69, 9.17) is 16.7 Å². The zero-order valence-corrected chi connectivity index (χ0v) is 17.5. The van der Waals surface area contributed by atoms with Crippen LogP contribution in [0.3, 0.4) is 0 Å². The Morgan fingerprint density at radius 1 is 1.24 bits per heavy atom. The molecule has 1 unspecified atom stereocenters. The molecule has 3 aromatic rings. The number of aliphatic hydroxyl groups excluding tert-OH is 1. The third kappa shape index (κ3) is 6.76. The Hall–Kier alpha value is -3.45. The van der Waals surface area contributed by atoms with Crippen LogP contribution < -0.4 is 16.0 Å². The monoisotopic (exact) mass is 487 g/mol. The van der Waals surface area contributed by atoms with E-state index >= 15 is 0 Å². The van der Waals surface area contributed by atoms with E-state index < -0.39 is 30.5 Å². The molecule has 0 aliphatic rings. The normalized spacial score (nSPS) is 12.3. The summed E-state index contributed by atoms with van der Waals surface area (Å²) in [5.41, 5.74) is 0.275. The van der Waals surface area contributed by atoms with E-state index in [0.717, 1.165) is 6.07 Å². The van der Waals surface area contributed by atoms with Crippen LogP contribution in [0.4, 0.5) is 35.0 Å². The molecule has 14 heteroatoms. The molecule has 2 heterocycles.